The van der Waals surface area contributed by atoms with Crippen molar-refractivity contribution in [3.8, 4) is 0 Å². The van der Waals surface area contributed by atoms with Gasteiger partial charge in [-0.05, 0) is 23.1 Å². The Morgan fingerprint density at radius 3 is 2.34 bits per heavy atom. The molecule has 2 aromatic rings. The van der Waals surface area contributed by atoms with Crippen LogP contribution in [0.15, 0.2) is 54.6 Å². The zero-order valence-corrected chi connectivity index (χ0v) is 20.4. The lowest BCUT2D eigenvalue weighted by Gasteiger charge is -2.35. The van der Waals surface area contributed by atoms with E-state index in [1.165, 1.54) is 11.3 Å². The van der Waals surface area contributed by atoms with Crippen LogP contribution in [-0.2, 0) is 33.9 Å². The van der Waals surface area contributed by atoms with Gasteiger partial charge in [-0.3, -0.25) is 9.69 Å². The van der Waals surface area contributed by atoms with Crippen molar-refractivity contribution < 1.29 is 24.2 Å². The van der Waals surface area contributed by atoms with Gasteiger partial charge < -0.3 is 15.2 Å². The van der Waals surface area contributed by atoms with Crippen LogP contribution >= 0.6 is 0 Å². The molecule has 3 rings (SSSR count). The van der Waals surface area contributed by atoms with Gasteiger partial charge in [-0.25, -0.2) is 9.59 Å². The van der Waals surface area contributed by atoms with E-state index in [-0.39, 0.29) is 13.2 Å². The highest BCUT2D eigenvalue weighted by Gasteiger charge is 2.37. The van der Waals surface area contributed by atoms with Crippen LogP contribution in [0.1, 0.15) is 68.6 Å². The summed E-state index contributed by atoms with van der Waals surface area (Å²) in [6, 6.07) is 15.2. The Morgan fingerprint density at radius 2 is 1.63 bits per heavy atom. The molecule has 2 amide bonds. The van der Waals surface area contributed by atoms with Gasteiger partial charge in [-0.2, -0.15) is 0 Å². The van der Waals surface area contributed by atoms with Crippen LogP contribution < -0.4 is 5.32 Å². The van der Waals surface area contributed by atoms with Crippen LogP contribution in [0, 0.1) is 0 Å². The minimum atomic E-state index is -1.05. The summed E-state index contributed by atoms with van der Waals surface area (Å²) in [5.74, 6) is -1.52. The second kappa shape index (κ2) is 13.5. The first-order valence-electron chi connectivity index (χ1n) is 12.6. The number of nitrogens with zero attached hydrogens (tertiary/aromatic N) is 1. The molecule has 7 heteroatoms. The van der Waals surface area contributed by atoms with Crippen molar-refractivity contribution in [3.63, 3.8) is 0 Å². The lowest BCUT2D eigenvalue weighted by atomic mass is 9.93. The molecule has 0 bridgehead atoms. The van der Waals surface area contributed by atoms with Crippen LogP contribution in [0.5, 0.6) is 0 Å². The number of carbonyl (C=O) groups is 3. The van der Waals surface area contributed by atoms with Gasteiger partial charge >= 0.3 is 12.1 Å². The number of hydrogen-bond acceptors (Lipinski definition) is 4. The molecule has 2 N–H and O–H groups in total. The van der Waals surface area contributed by atoms with E-state index < -0.39 is 30.1 Å². The molecule has 7 nitrogen and oxygen atoms in total. The molecule has 0 fully saturated rings. The van der Waals surface area contributed by atoms with Crippen molar-refractivity contribution in [2.45, 2.75) is 83.5 Å². The number of carboxylic acid groups (broad SMARTS) is 1. The number of benzene rings is 2. The molecule has 0 radical (unpaired) electrons. The van der Waals surface area contributed by atoms with Gasteiger partial charge in [-0.1, -0.05) is 100 Å². The summed E-state index contributed by atoms with van der Waals surface area (Å²) < 4.78 is 5.52. The molecule has 2 aromatic carbocycles. The van der Waals surface area contributed by atoms with Gasteiger partial charge in [0.05, 0.1) is 6.54 Å². The Balaban J connectivity index is 1.66. The first kappa shape index (κ1) is 26.3. The molecule has 2 atom stereocenters. The van der Waals surface area contributed by atoms with Crippen LogP contribution in [0.25, 0.3) is 0 Å². The number of amides is 2. The van der Waals surface area contributed by atoms with E-state index in [1.807, 2.05) is 54.6 Å². The first-order chi connectivity index (χ1) is 17.0. The third kappa shape index (κ3) is 7.84. The number of aliphatic carboxylic acids is 1. The maximum atomic E-state index is 13.3. The van der Waals surface area contributed by atoms with Crippen molar-refractivity contribution in [2.24, 2.45) is 0 Å². The summed E-state index contributed by atoms with van der Waals surface area (Å²) >= 11 is 0. The fourth-order valence-electron chi connectivity index (χ4n) is 4.41. The Kier molecular flexibility index (Phi) is 10.1. The highest BCUT2D eigenvalue weighted by molar-refractivity contribution is 5.89. The standard InChI is InChI=1S/C28H36N2O5/c1-2-3-4-5-6-10-17-24(27(32)33)29-26(31)25-18-22-15-11-12-16-23(22)19-30(25)28(34)35-20-21-13-8-7-9-14-21/h7-9,11-16,24-25H,2-6,10,17-20H2,1H3,(H,29,31)(H,32,33)/t24-,25-/m0/s1. The molecule has 1 heterocycles. The number of carbonyl (C=O) groups excluding carboxylic acids is 2. The Bertz CT molecular complexity index is 978. The van der Waals surface area contributed by atoms with Crippen molar-refractivity contribution >= 4 is 18.0 Å². The van der Waals surface area contributed by atoms with Gasteiger partial charge in [0, 0.05) is 6.42 Å². The highest BCUT2D eigenvalue weighted by atomic mass is 16.6. The highest BCUT2D eigenvalue weighted by Crippen LogP contribution is 2.25. The average Bonchev–Trinajstić information content (AvgIpc) is 2.88. The van der Waals surface area contributed by atoms with E-state index in [2.05, 4.69) is 12.2 Å². The predicted molar refractivity (Wildman–Crippen MR) is 134 cm³/mol. The molecular formula is C28H36N2O5. The van der Waals surface area contributed by atoms with Crippen molar-refractivity contribution in [1.82, 2.24) is 10.2 Å². The van der Waals surface area contributed by atoms with Gasteiger partial charge in [0.2, 0.25) is 5.91 Å². The largest absolute Gasteiger partial charge is 0.480 e. The monoisotopic (exact) mass is 480 g/mol. The average molecular weight is 481 g/mol. The molecule has 0 saturated heterocycles. The number of hydrogen-bond donors (Lipinski definition) is 2. The molecule has 0 unspecified atom stereocenters. The molecule has 188 valence electrons. The Labute approximate surface area is 207 Å². The molecule has 0 aliphatic carbocycles. The van der Waals surface area contributed by atoms with Crippen LogP contribution in [0.2, 0.25) is 0 Å². The Hall–Kier alpha value is -3.35. The van der Waals surface area contributed by atoms with Gasteiger partial charge in [-0.15, -0.1) is 0 Å². The second-order valence-electron chi connectivity index (χ2n) is 9.11. The van der Waals surface area contributed by atoms with Crippen LogP contribution in [0.3, 0.4) is 0 Å². The summed E-state index contributed by atoms with van der Waals surface area (Å²) in [6.45, 7) is 2.49. The third-order valence-corrected chi connectivity index (χ3v) is 6.45. The quantitative estimate of drug-likeness (QED) is 0.414. The topological polar surface area (TPSA) is 95.9 Å². The number of ether oxygens (including phenoxy) is 1. The number of fused-ring (bicyclic) bond motifs is 1. The van der Waals surface area contributed by atoms with E-state index in [4.69, 9.17) is 4.74 Å². The molecule has 35 heavy (non-hydrogen) atoms. The maximum Gasteiger partial charge on any atom is 0.411 e. The van der Waals surface area contributed by atoms with Crippen molar-refractivity contribution in [1.29, 1.82) is 0 Å². The second-order valence-corrected chi connectivity index (χ2v) is 9.11. The van der Waals surface area contributed by atoms with E-state index in [1.54, 1.807) is 0 Å². The smallest absolute Gasteiger partial charge is 0.411 e. The van der Waals surface area contributed by atoms with Crippen LogP contribution in [-0.4, -0.2) is 40.1 Å². The summed E-state index contributed by atoms with van der Waals surface area (Å²) in [6.07, 6.45) is 6.30. The molecule has 0 aromatic heterocycles. The number of carboxylic acids is 1. The van der Waals surface area contributed by atoms with E-state index in [9.17, 15) is 19.5 Å². The van der Waals surface area contributed by atoms with Gasteiger partial charge in [0.15, 0.2) is 0 Å². The summed E-state index contributed by atoms with van der Waals surface area (Å²) in [5, 5.41) is 12.4. The summed E-state index contributed by atoms with van der Waals surface area (Å²) in [5.41, 5.74) is 2.78. The van der Waals surface area contributed by atoms with E-state index in [0.29, 0.717) is 12.8 Å². The normalized spacial score (nSPS) is 15.7. The fourth-order valence-corrected chi connectivity index (χ4v) is 4.41. The Morgan fingerprint density at radius 1 is 0.971 bits per heavy atom. The van der Waals surface area contributed by atoms with Crippen molar-refractivity contribution in [2.75, 3.05) is 0 Å². The fraction of sp³-hybridized carbons (Fsp3) is 0.464. The van der Waals surface area contributed by atoms with Crippen LogP contribution in [0.4, 0.5) is 4.79 Å². The molecule has 1 aliphatic heterocycles. The van der Waals surface area contributed by atoms with E-state index in [0.717, 1.165) is 48.8 Å². The predicted octanol–water partition coefficient (Wildman–Crippen LogP) is 5.07. The first-order valence-corrected chi connectivity index (χ1v) is 12.6. The SMILES string of the molecule is CCCCCCCC[C@H](NC(=O)[C@@H]1Cc2ccccc2CN1C(=O)OCc1ccccc1)C(=O)O. The number of rotatable bonds is 12. The van der Waals surface area contributed by atoms with Gasteiger partial charge in [0.25, 0.3) is 0 Å². The third-order valence-electron chi connectivity index (χ3n) is 6.45. The zero-order valence-electron chi connectivity index (χ0n) is 20.4. The van der Waals surface area contributed by atoms with Gasteiger partial charge in [0.1, 0.15) is 18.7 Å². The van der Waals surface area contributed by atoms with E-state index >= 15 is 0 Å². The minimum absolute atomic E-state index is 0.0991. The molecular weight excluding hydrogens is 444 g/mol. The maximum absolute atomic E-state index is 13.3. The number of nitrogens with one attached hydrogen (secondary N) is 1. The minimum Gasteiger partial charge on any atom is -0.480 e. The summed E-state index contributed by atoms with van der Waals surface area (Å²) in [7, 11) is 0. The molecule has 0 saturated carbocycles. The molecule has 0 spiro atoms. The molecule has 1 aliphatic rings. The zero-order chi connectivity index (χ0) is 25.0. The van der Waals surface area contributed by atoms with Crippen molar-refractivity contribution in [3.05, 3.63) is 71.3 Å². The summed E-state index contributed by atoms with van der Waals surface area (Å²) in [4.78, 5) is 39.5. The lowest BCUT2D eigenvalue weighted by molar-refractivity contribution is -0.143. The lowest BCUT2D eigenvalue weighted by Crippen LogP contribution is -2.55. The number of unbranched alkanes of at least 4 members (excludes halogenated alkanes) is 5.